The van der Waals surface area contributed by atoms with Crippen molar-refractivity contribution in [3.8, 4) is 0 Å². The summed E-state index contributed by atoms with van der Waals surface area (Å²) in [7, 11) is 0. The third kappa shape index (κ3) is 2.30. The third-order valence-electron chi connectivity index (χ3n) is 2.78. The van der Waals surface area contributed by atoms with Crippen molar-refractivity contribution in [2.45, 2.75) is 6.61 Å². The van der Waals surface area contributed by atoms with Crippen molar-refractivity contribution in [3.05, 3.63) is 23.9 Å². The van der Waals surface area contributed by atoms with E-state index in [2.05, 4.69) is 9.88 Å². The molecule has 1 N–H and O–H groups in total. The number of piperazine rings is 1. The highest BCUT2D eigenvalue weighted by Gasteiger charge is 2.16. The highest BCUT2D eigenvalue weighted by molar-refractivity contribution is 5.49. The Balaban J connectivity index is 1.99. The first-order chi connectivity index (χ1) is 7.83. The molecule has 0 radical (unpaired) electrons. The zero-order chi connectivity index (χ0) is 11.4. The molecular weight excluding hydrogens is 206 g/mol. The van der Waals surface area contributed by atoms with Crippen LogP contribution < -0.4 is 4.90 Å². The Morgan fingerprint density at radius 3 is 2.56 bits per heavy atom. The van der Waals surface area contributed by atoms with Gasteiger partial charge >= 0.3 is 0 Å². The molecule has 0 spiro atoms. The second-order valence-corrected chi connectivity index (χ2v) is 3.81. The van der Waals surface area contributed by atoms with Crippen molar-refractivity contribution >= 4 is 12.2 Å². The summed E-state index contributed by atoms with van der Waals surface area (Å²) in [6.07, 6.45) is 2.57. The van der Waals surface area contributed by atoms with Crippen molar-refractivity contribution < 1.29 is 9.90 Å². The van der Waals surface area contributed by atoms with Crippen molar-refractivity contribution in [2.75, 3.05) is 31.1 Å². The second kappa shape index (κ2) is 4.94. The Morgan fingerprint density at radius 2 is 2.06 bits per heavy atom. The van der Waals surface area contributed by atoms with Gasteiger partial charge in [-0.15, -0.1) is 0 Å². The summed E-state index contributed by atoms with van der Waals surface area (Å²) in [5, 5.41) is 8.91. The molecule has 0 saturated carbocycles. The molecule has 0 unspecified atom stereocenters. The lowest BCUT2D eigenvalue weighted by atomic mass is 10.2. The van der Waals surface area contributed by atoms with E-state index in [-0.39, 0.29) is 6.61 Å². The van der Waals surface area contributed by atoms with Crippen LogP contribution in [0.1, 0.15) is 5.56 Å². The highest BCUT2D eigenvalue weighted by Crippen LogP contribution is 2.13. The summed E-state index contributed by atoms with van der Waals surface area (Å²) in [6.45, 7) is 3.13. The minimum atomic E-state index is 0.0200. The SMILES string of the molecule is O=CN1CCN(c2ccc(CO)cn2)CC1. The summed E-state index contributed by atoms with van der Waals surface area (Å²) in [6, 6.07) is 3.77. The van der Waals surface area contributed by atoms with Crippen LogP contribution in [-0.4, -0.2) is 47.6 Å². The van der Waals surface area contributed by atoms with E-state index in [0.29, 0.717) is 0 Å². The number of aromatic nitrogens is 1. The summed E-state index contributed by atoms with van der Waals surface area (Å²) in [4.78, 5) is 18.7. The minimum Gasteiger partial charge on any atom is -0.392 e. The number of aliphatic hydroxyl groups excluding tert-OH is 1. The fraction of sp³-hybridized carbons (Fsp3) is 0.455. The molecule has 0 atom stereocenters. The van der Waals surface area contributed by atoms with Gasteiger partial charge in [0.05, 0.1) is 6.61 Å². The Morgan fingerprint density at radius 1 is 1.31 bits per heavy atom. The maximum absolute atomic E-state index is 10.6. The summed E-state index contributed by atoms with van der Waals surface area (Å²) in [5.41, 5.74) is 0.815. The van der Waals surface area contributed by atoms with Crippen LogP contribution in [0.5, 0.6) is 0 Å². The van der Waals surface area contributed by atoms with Crippen molar-refractivity contribution in [2.24, 2.45) is 0 Å². The van der Waals surface area contributed by atoms with Crippen LogP contribution in [0.4, 0.5) is 5.82 Å². The van der Waals surface area contributed by atoms with Crippen LogP contribution in [-0.2, 0) is 11.4 Å². The van der Waals surface area contributed by atoms with Gasteiger partial charge in [-0.1, -0.05) is 6.07 Å². The van der Waals surface area contributed by atoms with Gasteiger partial charge in [0, 0.05) is 32.4 Å². The molecule has 0 aliphatic carbocycles. The van der Waals surface area contributed by atoms with Gasteiger partial charge < -0.3 is 14.9 Å². The first-order valence-electron chi connectivity index (χ1n) is 5.33. The lowest BCUT2D eigenvalue weighted by molar-refractivity contribution is -0.118. The normalized spacial score (nSPS) is 16.3. The fourth-order valence-electron chi connectivity index (χ4n) is 1.75. The summed E-state index contributed by atoms with van der Waals surface area (Å²) in [5.74, 6) is 0.905. The predicted octanol–water partition coefficient (Wildman–Crippen LogP) is -0.148. The molecule has 0 aromatic carbocycles. The van der Waals surface area contributed by atoms with Gasteiger partial charge in [-0.3, -0.25) is 4.79 Å². The van der Waals surface area contributed by atoms with Crippen molar-refractivity contribution in [1.29, 1.82) is 0 Å². The van der Waals surface area contributed by atoms with E-state index in [1.807, 2.05) is 12.1 Å². The Labute approximate surface area is 94.3 Å². The van der Waals surface area contributed by atoms with Crippen LogP contribution in [0.2, 0.25) is 0 Å². The number of nitrogens with zero attached hydrogens (tertiary/aromatic N) is 3. The first kappa shape index (κ1) is 10.9. The summed E-state index contributed by atoms with van der Waals surface area (Å²) < 4.78 is 0. The monoisotopic (exact) mass is 221 g/mol. The fourth-order valence-corrected chi connectivity index (χ4v) is 1.75. The largest absolute Gasteiger partial charge is 0.392 e. The zero-order valence-corrected chi connectivity index (χ0v) is 9.04. The topological polar surface area (TPSA) is 56.7 Å². The first-order valence-corrected chi connectivity index (χ1v) is 5.33. The van der Waals surface area contributed by atoms with Crippen molar-refractivity contribution in [3.63, 3.8) is 0 Å². The maximum atomic E-state index is 10.6. The molecule has 1 fully saturated rings. The maximum Gasteiger partial charge on any atom is 0.209 e. The van der Waals surface area contributed by atoms with Gasteiger partial charge in [0.25, 0.3) is 0 Å². The van der Waals surface area contributed by atoms with E-state index in [0.717, 1.165) is 44.0 Å². The average molecular weight is 221 g/mol. The van der Waals surface area contributed by atoms with E-state index in [4.69, 9.17) is 5.11 Å². The molecule has 1 aliphatic heterocycles. The number of aliphatic hydroxyl groups is 1. The molecule has 2 heterocycles. The number of carbonyl (C=O) groups is 1. The van der Waals surface area contributed by atoms with E-state index in [1.165, 1.54) is 0 Å². The van der Waals surface area contributed by atoms with Gasteiger partial charge in [0.2, 0.25) is 6.41 Å². The average Bonchev–Trinajstić information content (AvgIpc) is 2.39. The second-order valence-electron chi connectivity index (χ2n) is 3.81. The van der Waals surface area contributed by atoms with Gasteiger partial charge in [-0.05, 0) is 11.6 Å². The van der Waals surface area contributed by atoms with Gasteiger partial charge in [0.15, 0.2) is 0 Å². The van der Waals surface area contributed by atoms with E-state index < -0.39 is 0 Å². The van der Waals surface area contributed by atoms with Gasteiger partial charge in [-0.25, -0.2) is 4.98 Å². The predicted molar refractivity (Wildman–Crippen MR) is 60.0 cm³/mol. The Kier molecular flexibility index (Phi) is 3.36. The number of hydrogen-bond donors (Lipinski definition) is 1. The lowest BCUT2D eigenvalue weighted by Gasteiger charge is -2.33. The molecule has 0 bridgehead atoms. The van der Waals surface area contributed by atoms with Crippen LogP contribution in [0, 0.1) is 0 Å². The Bertz CT molecular complexity index is 345. The molecule has 16 heavy (non-hydrogen) atoms. The van der Waals surface area contributed by atoms with Gasteiger partial charge in [0.1, 0.15) is 5.82 Å². The molecule has 5 heteroatoms. The van der Waals surface area contributed by atoms with Gasteiger partial charge in [-0.2, -0.15) is 0 Å². The minimum absolute atomic E-state index is 0.0200. The molecule has 1 aromatic rings. The zero-order valence-electron chi connectivity index (χ0n) is 9.04. The van der Waals surface area contributed by atoms with Crippen LogP contribution >= 0.6 is 0 Å². The Hall–Kier alpha value is -1.62. The van der Waals surface area contributed by atoms with E-state index >= 15 is 0 Å². The number of hydrogen-bond acceptors (Lipinski definition) is 4. The van der Waals surface area contributed by atoms with Crippen LogP contribution in [0.15, 0.2) is 18.3 Å². The number of carbonyl (C=O) groups excluding carboxylic acids is 1. The third-order valence-corrected chi connectivity index (χ3v) is 2.78. The molecule has 86 valence electrons. The molecule has 1 aromatic heterocycles. The summed E-state index contributed by atoms with van der Waals surface area (Å²) >= 11 is 0. The lowest BCUT2D eigenvalue weighted by Crippen LogP contribution is -2.46. The molecule has 1 amide bonds. The number of anilines is 1. The number of rotatable bonds is 3. The number of pyridine rings is 1. The molecule has 1 saturated heterocycles. The smallest absolute Gasteiger partial charge is 0.209 e. The highest BCUT2D eigenvalue weighted by atomic mass is 16.3. The molecular formula is C11H15N3O2. The van der Waals surface area contributed by atoms with Crippen LogP contribution in [0.3, 0.4) is 0 Å². The van der Waals surface area contributed by atoms with Crippen LogP contribution in [0.25, 0.3) is 0 Å². The van der Waals surface area contributed by atoms with E-state index in [1.54, 1.807) is 11.1 Å². The standard InChI is InChI=1S/C11H15N3O2/c15-8-10-1-2-11(12-7-10)14-5-3-13(9-16)4-6-14/h1-2,7,9,15H,3-6,8H2. The van der Waals surface area contributed by atoms with E-state index in [9.17, 15) is 4.79 Å². The quantitative estimate of drug-likeness (QED) is 0.721. The molecule has 2 rings (SSSR count). The van der Waals surface area contributed by atoms with Crippen molar-refractivity contribution in [1.82, 2.24) is 9.88 Å². The molecule has 5 nitrogen and oxygen atoms in total. The molecule has 1 aliphatic rings. The number of amides is 1.